The Balaban J connectivity index is 1.28. The van der Waals surface area contributed by atoms with Crippen LogP contribution in [0.1, 0.15) is 25.0 Å². The van der Waals surface area contributed by atoms with Crippen molar-refractivity contribution in [3.05, 3.63) is 169 Å². The molecule has 3 aliphatic heterocycles. The molecule has 0 atom stereocenters. The van der Waals surface area contributed by atoms with Crippen LogP contribution in [-0.2, 0) is 5.41 Å². The van der Waals surface area contributed by atoms with Crippen LogP contribution in [0.2, 0.25) is 0 Å². The minimum absolute atomic E-state index is 0.0517. The van der Waals surface area contributed by atoms with Gasteiger partial charge < -0.3 is 18.7 Å². The van der Waals surface area contributed by atoms with Crippen LogP contribution in [0, 0.1) is 0 Å². The number of rotatable bonds is 3. The van der Waals surface area contributed by atoms with E-state index in [1.165, 1.54) is 61.3 Å². The van der Waals surface area contributed by atoms with E-state index >= 15 is 0 Å². The van der Waals surface area contributed by atoms with E-state index in [0.29, 0.717) is 0 Å². The standard InChI is InChI=1S/C47H32BN3O/c1-47(2)36-22-10-11-25-39(36)50-40-28-31(49(29-15-5-3-6-16-29)30-17-7-4-8-18-30)27-35-32-20-13-21-34-43(32)51(44-33-19-9-12-26-41(33)52-46(34)44)48(42(35)40)38-24-14-23-37(47)45(38)50/h3-28H,1-2H3. The summed E-state index contributed by atoms with van der Waals surface area (Å²) in [6.45, 7) is 4.72. The topological polar surface area (TPSA) is 24.6 Å². The van der Waals surface area contributed by atoms with E-state index in [1.54, 1.807) is 0 Å². The van der Waals surface area contributed by atoms with Crippen molar-refractivity contribution < 1.29 is 4.42 Å². The number of benzene rings is 7. The normalized spacial score (nSPS) is 14.4. The van der Waals surface area contributed by atoms with Crippen molar-refractivity contribution in [2.75, 3.05) is 9.80 Å². The molecular weight excluding hydrogens is 633 g/mol. The number of hydrogen-bond donors (Lipinski definition) is 0. The molecule has 0 unspecified atom stereocenters. The predicted octanol–water partition coefficient (Wildman–Crippen LogP) is 11.1. The van der Waals surface area contributed by atoms with Crippen LogP contribution in [0.25, 0.3) is 44.1 Å². The number of anilines is 6. The molecule has 0 amide bonds. The van der Waals surface area contributed by atoms with Crippen LogP contribution >= 0.6 is 0 Å². The molecule has 0 saturated carbocycles. The second-order valence-corrected chi connectivity index (χ2v) is 14.9. The number of furan rings is 1. The molecule has 0 bridgehead atoms. The third-order valence-electron chi connectivity index (χ3n) is 11.9. The van der Waals surface area contributed by atoms with Crippen LogP contribution in [0.4, 0.5) is 34.1 Å². The molecule has 0 N–H and O–H groups in total. The van der Waals surface area contributed by atoms with Crippen molar-refractivity contribution >= 4 is 84.9 Å². The first kappa shape index (κ1) is 28.3. The lowest BCUT2D eigenvalue weighted by Crippen LogP contribution is -2.58. The Bertz CT molecular complexity index is 2920. The monoisotopic (exact) mass is 665 g/mol. The first-order chi connectivity index (χ1) is 25.6. The van der Waals surface area contributed by atoms with E-state index in [-0.39, 0.29) is 12.3 Å². The quantitative estimate of drug-likeness (QED) is 0.176. The number of para-hydroxylation sites is 6. The molecule has 0 radical (unpaired) electrons. The highest BCUT2D eigenvalue weighted by Gasteiger charge is 2.48. The summed E-state index contributed by atoms with van der Waals surface area (Å²) < 4.78 is 9.37. The van der Waals surface area contributed by atoms with Gasteiger partial charge in [0.2, 0.25) is 0 Å². The Morgan fingerprint density at radius 2 is 1.23 bits per heavy atom. The molecule has 4 nitrogen and oxygen atoms in total. The highest BCUT2D eigenvalue weighted by atomic mass is 16.3. The average Bonchev–Trinajstić information content (AvgIpc) is 3.72. The van der Waals surface area contributed by atoms with Crippen molar-refractivity contribution in [1.29, 1.82) is 0 Å². The molecule has 5 heteroatoms. The minimum atomic E-state index is -0.188. The van der Waals surface area contributed by atoms with E-state index in [9.17, 15) is 0 Å². The molecule has 0 saturated heterocycles. The summed E-state index contributed by atoms with van der Waals surface area (Å²) in [6.07, 6.45) is 0. The number of aromatic nitrogens is 1. The van der Waals surface area contributed by atoms with Crippen molar-refractivity contribution in [2.24, 2.45) is 0 Å². The van der Waals surface area contributed by atoms with Crippen molar-refractivity contribution in [1.82, 2.24) is 4.48 Å². The molecule has 3 aliphatic rings. The zero-order chi connectivity index (χ0) is 34.3. The fraction of sp³-hybridized carbons (Fsp3) is 0.0638. The maximum absolute atomic E-state index is 6.75. The molecular formula is C47H32BN3O. The summed E-state index contributed by atoms with van der Waals surface area (Å²) in [5.74, 6) is 0. The Morgan fingerprint density at radius 1 is 0.558 bits per heavy atom. The average molecular weight is 666 g/mol. The SMILES string of the molecule is CC1(C)c2ccccc2N2c3cc(N(c4ccccc4)c4ccccc4)cc4c3B(c3cccc1c32)n1c2c-4cccc2c2oc3ccccc3c21. The third-order valence-corrected chi connectivity index (χ3v) is 11.9. The Hall–Kier alpha value is -6.46. The third kappa shape index (κ3) is 3.43. The number of nitrogens with zero attached hydrogens (tertiary/aromatic N) is 3. The van der Waals surface area contributed by atoms with Crippen LogP contribution in [0.5, 0.6) is 0 Å². The summed E-state index contributed by atoms with van der Waals surface area (Å²) in [5.41, 5.74) is 19.0. The largest absolute Gasteiger partial charge is 0.454 e. The van der Waals surface area contributed by atoms with Crippen LogP contribution in [0.3, 0.4) is 0 Å². The molecule has 2 aromatic heterocycles. The van der Waals surface area contributed by atoms with Gasteiger partial charge >= 0.3 is 6.85 Å². The van der Waals surface area contributed by atoms with Gasteiger partial charge in [-0.15, -0.1) is 0 Å². The van der Waals surface area contributed by atoms with Gasteiger partial charge in [0.1, 0.15) is 5.58 Å². The van der Waals surface area contributed by atoms with Gasteiger partial charge in [0.15, 0.2) is 5.58 Å². The zero-order valence-corrected chi connectivity index (χ0v) is 28.8. The molecule has 0 aliphatic carbocycles. The van der Waals surface area contributed by atoms with Gasteiger partial charge in [-0.3, -0.25) is 0 Å². The maximum Gasteiger partial charge on any atom is 0.333 e. The van der Waals surface area contributed by atoms with Crippen molar-refractivity contribution in [2.45, 2.75) is 19.3 Å². The van der Waals surface area contributed by atoms with Gasteiger partial charge in [0.25, 0.3) is 0 Å². The predicted molar refractivity (Wildman–Crippen MR) is 217 cm³/mol. The molecule has 12 rings (SSSR count). The summed E-state index contributed by atoms with van der Waals surface area (Å²) in [6, 6.07) is 57.7. The molecule has 7 aromatic carbocycles. The fourth-order valence-electron chi connectivity index (χ4n) is 9.75. The number of fused-ring (bicyclic) bond motifs is 11. The van der Waals surface area contributed by atoms with Crippen molar-refractivity contribution in [3.63, 3.8) is 0 Å². The van der Waals surface area contributed by atoms with E-state index < -0.39 is 0 Å². The van der Waals surface area contributed by atoms with E-state index in [0.717, 1.165) is 39.0 Å². The first-order valence-electron chi connectivity index (χ1n) is 18.2. The van der Waals surface area contributed by atoms with E-state index in [4.69, 9.17) is 4.42 Å². The van der Waals surface area contributed by atoms with Gasteiger partial charge in [0, 0.05) is 55.7 Å². The summed E-state index contributed by atoms with van der Waals surface area (Å²) in [4.78, 5) is 4.98. The zero-order valence-electron chi connectivity index (χ0n) is 28.8. The second-order valence-electron chi connectivity index (χ2n) is 14.9. The Labute approximate surface area is 301 Å². The van der Waals surface area contributed by atoms with E-state index in [2.05, 4.69) is 186 Å². The maximum atomic E-state index is 6.75. The lowest BCUT2D eigenvalue weighted by Gasteiger charge is -2.48. The smallest absolute Gasteiger partial charge is 0.333 e. The van der Waals surface area contributed by atoms with Gasteiger partial charge in [-0.05, 0) is 88.3 Å². The summed E-state index contributed by atoms with van der Waals surface area (Å²) in [5, 5.41) is 2.31. The molecule has 0 fully saturated rings. The van der Waals surface area contributed by atoms with E-state index in [1.807, 2.05) is 0 Å². The number of hydrogen-bond acceptors (Lipinski definition) is 3. The van der Waals surface area contributed by atoms with Crippen LogP contribution < -0.4 is 20.7 Å². The molecule has 0 spiro atoms. The van der Waals surface area contributed by atoms with Gasteiger partial charge in [-0.1, -0.05) is 111 Å². The van der Waals surface area contributed by atoms with Gasteiger partial charge in [-0.25, -0.2) is 0 Å². The van der Waals surface area contributed by atoms with Crippen LogP contribution in [-0.4, -0.2) is 11.3 Å². The highest BCUT2D eigenvalue weighted by Crippen LogP contribution is 2.55. The summed E-state index contributed by atoms with van der Waals surface area (Å²) >= 11 is 0. The molecule has 9 aromatic rings. The molecule has 244 valence electrons. The summed E-state index contributed by atoms with van der Waals surface area (Å²) in [7, 11) is 0. The van der Waals surface area contributed by atoms with Crippen LogP contribution in [0.15, 0.2) is 162 Å². The van der Waals surface area contributed by atoms with Gasteiger partial charge in [-0.2, -0.15) is 0 Å². The van der Waals surface area contributed by atoms with Crippen molar-refractivity contribution in [3.8, 4) is 11.1 Å². The Morgan fingerprint density at radius 3 is 2.04 bits per heavy atom. The lowest BCUT2D eigenvalue weighted by molar-refractivity contribution is 0.632. The first-order valence-corrected chi connectivity index (χ1v) is 18.2. The van der Waals surface area contributed by atoms with Gasteiger partial charge in [0.05, 0.1) is 11.2 Å². The molecule has 5 heterocycles. The Kier molecular flexibility index (Phi) is 5.36. The molecule has 52 heavy (non-hydrogen) atoms. The minimum Gasteiger partial charge on any atom is -0.454 e. The lowest BCUT2D eigenvalue weighted by atomic mass is 9.44. The highest BCUT2D eigenvalue weighted by molar-refractivity contribution is 6.90. The second kappa shape index (κ2) is 9.86. The fourth-order valence-corrected chi connectivity index (χ4v) is 9.75.